The van der Waals surface area contributed by atoms with Crippen LogP contribution in [0.4, 0.5) is 20.5 Å². The minimum absolute atomic E-state index is 0.0716. The highest BCUT2D eigenvalue weighted by Crippen LogP contribution is 2.18. The van der Waals surface area contributed by atoms with Crippen molar-refractivity contribution in [3.8, 4) is 0 Å². The number of carbonyl (C=O) groups is 1. The van der Waals surface area contributed by atoms with Gasteiger partial charge in [0.05, 0.1) is 6.42 Å². The predicted octanol–water partition coefficient (Wildman–Crippen LogP) is 2.02. The number of hydrogen-bond donors (Lipinski definition) is 0. The molecule has 0 aliphatic carbocycles. The SMILES string of the molecule is Cc1cc(N(C)C)nc(N2CCN(C(=O)Cc3ccc(F)cc3F)CC2)n1. The molecule has 0 radical (unpaired) electrons. The number of nitrogens with zero attached hydrogens (tertiary/aromatic N) is 5. The van der Waals surface area contributed by atoms with Crippen LogP contribution >= 0.6 is 0 Å². The number of aromatic nitrogens is 2. The average Bonchev–Trinajstić information content (AvgIpc) is 2.63. The highest BCUT2D eigenvalue weighted by Gasteiger charge is 2.24. The lowest BCUT2D eigenvalue weighted by atomic mass is 10.1. The summed E-state index contributed by atoms with van der Waals surface area (Å²) in [5, 5.41) is 0. The lowest BCUT2D eigenvalue weighted by molar-refractivity contribution is -0.130. The molecule has 1 aliphatic rings. The zero-order chi connectivity index (χ0) is 19.6. The molecule has 27 heavy (non-hydrogen) atoms. The molecule has 1 fully saturated rings. The van der Waals surface area contributed by atoms with Crippen LogP contribution in [-0.2, 0) is 11.2 Å². The van der Waals surface area contributed by atoms with Crippen molar-refractivity contribution in [1.82, 2.24) is 14.9 Å². The molecule has 2 aromatic rings. The average molecular weight is 375 g/mol. The topological polar surface area (TPSA) is 52.6 Å². The fourth-order valence-corrected chi connectivity index (χ4v) is 3.00. The Labute approximate surface area is 157 Å². The van der Waals surface area contributed by atoms with Crippen LogP contribution in [0, 0.1) is 18.6 Å². The van der Waals surface area contributed by atoms with Crippen molar-refractivity contribution in [2.24, 2.45) is 0 Å². The van der Waals surface area contributed by atoms with Crippen LogP contribution in [0.5, 0.6) is 0 Å². The van der Waals surface area contributed by atoms with Gasteiger partial charge in [-0.15, -0.1) is 0 Å². The smallest absolute Gasteiger partial charge is 0.227 e. The molecule has 8 heteroatoms. The van der Waals surface area contributed by atoms with E-state index in [1.807, 2.05) is 36.9 Å². The van der Waals surface area contributed by atoms with Crippen molar-refractivity contribution >= 4 is 17.7 Å². The first-order valence-corrected chi connectivity index (χ1v) is 8.83. The van der Waals surface area contributed by atoms with Gasteiger partial charge in [-0.1, -0.05) is 6.07 Å². The first kappa shape index (κ1) is 19.0. The van der Waals surface area contributed by atoms with Crippen molar-refractivity contribution in [2.75, 3.05) is 50.1 Å². The van der Waals surface area contributed by atoms with Gasteiger partial charge in [-0.25, -0.2) is 13.8 Å². The Hall–Kier alpha value is -2.77. The maximum Gasteiger partial charge on any atom is 0.227 e. The third-order valence-electron chi connectivity index (χ3n) is 4.56. The molecule has 0 saturated carbocycles. The summed E-state index contributed by atoms with van der Waals surface area (Å²) in [6, 6.07) is 5.21. The van der Waals surface area contributed by atoms with Crippen LogP contribution in [0.3, 0.4) is 0 Å². The lowest BCUT2D eigenvalue weighted by Crippen LogP contribution is -2.49. The van der Waals surface area contributed by atoms with E-state index >= 15 is 0 Å². The Morgan fingerprint density at radius 3 is 2.44 bits per heavy atom. The molecular formula is C19H23F2N5O. The zero-order valence-corrected chi connectivity index (χ0v) is 15.7. The normalized spacial score (nSPS) is 14.4. The summed E-state index contributed by atoms with van der Waals surface area (Å²) in [4.78, 5) is 27.2. The predicted molar refractivity (Wildman–Crippen MR) is 100.0 cm³/mol. The maximum absolute atomic E-state index is 13.8. The molecule has 3 rings (SSSR count). The van der Waals surface area contributed by atoms with Gasteiger partial charge >= 0.3 is 0 Å². The van der Waals surface area contributed by atoms with Crippen LogP contribution in [-0.4, -0.2) is 61.0 Å². The molecule has 0 N–H and O–H groups in total. The van der Waals surface area contributed by atoms with E-state index in [1.165, 1.54) is 12.1 Å². The van der Waals surface area contributed by atoms with Crippen molar-refractivity contribution in [2.45, 2.75) is 13.3 Å². The van der Waals surface area contributed by atoms with E-state index in [1.54, 1.807) is 4.90 Å². The standard InChI is InChI=1S/C19H23F2N5O/c1-13-10-17(24(2)3)23-19(22-13)26-8-6-25(7-9-26)18(27)11-14-4-5-15(20)12-16(14)21/h4-5,10,12H,6-9,11H2,1-3H3. The van der Waals surface area contributed by atoms with Crippen LogP contribution in [0.2, 0.25) is 0 Å². The third-order valence-corrected chi connectivity index (χ3v) is 4.56. The van der Waals surface area contributed by atoms with Gasteiger partial charge in [0.2, 0.25) is 11.9 Å². The number of anilines is 2. The fourth-order valence-electron chi connectivity index (χ4n) is 3.00. The van der Waals surface area contributed by atoms with Crippen molar-refractivity contribution in [3.63, 3.8) is 0 Å². The van der Waals surface area contributed by atoms with Gasteiger partial charge in [0.25, 0.3) is 0 Å². The molecule has 0 atom stereocenters. The van der Waals surface area contributed by atoms with E-state index in [2.05, 4.69) is 9.97 Å². The number of rotatable bonds is 4. The largest absolute Gasteiger partial charge is 0.363 e. The first-order chi connectivity index (χ1) is 12.8. The highest BCUT2D eigenvalue weighted by molar-refractivity contribution is 5.79. The fraction of sp³-hybridized carbons (Fsp3) is 0.421. The van der Waals surface area contributed by atoms with E-state index in [0.717, 1.165) is 17.6 Å². The minimum atomic E-state index is -0.689. The number of amides is 1. The molecule has 1 aliphatic heterocycles. The summed E-state index contributed by atoms with van der Waals surface area (Å²) in [6.07, 6.45) is -0.0716. The molecule has 2 heterocycles. The van der Waals surface area contributed by atoms with E-state index in [4.69, 9.17) is 0 Å². The molecular weight excluding hydrogens is 352 g/mol. The number of hydrogen-bond acceptors (Lipinski definition) is 5. The lowest BCUT2D eigenvalue weighted by Gasteiger charge is -2.35. The van der Waals surface area contributed by atoms with Crippen LogP contribution in [0.15, 0.2) is 24.3 Å². The molecule has 0 unspecified atom stereocenters. The maximum atomic E-state index is 13.8. The van der Waals surface area contributed by atoms with Crippen LogP contribution in [0.1, 0.15) is 11.3 Å². The summed E-state index contributed by atoms with van der Waals surface area (Å²) in [7, 11) is 3.85. The molecule has 1 aromatic carbocycles. The van der Waals surface area contributed by atoms with E-state index in [-0.39, 0.29) is 17.9 Å². The van der Waals surface area contributed by atoms with Crippen LogP contribution in [0.25, 0.3) is 0 Å². The first-order valence-electron chi connectivity index (χ1n) is 8.83. The molecule has 0 bridgehead atoms. The highest BCUT2D eigenvalue weighted by atomic mass is 19.1. The van der Waals surface area contributed by atoms with Crippen molar-refractivity contribution < 1.29 is 13.6 Å². The number of carbonyl (C=O) groups excluding carboxylic acids is 1. The summed E-state index contributed by atoms with van der Waals surface area (Å²) in [5.41, 5.74) is 1.09. The van der Waals surface area contributed by atoms with Crippen molar-refractivity contribution in [1.29, 1.82) is 0 Å². The van der Waals surface area contributed by atoms with E-state index in [0.29, 0.717) is 32.1 Å². The van der Waals surface area contributed by atoms with Gasteiger partial charge in [0, 0.05) is 58.1 Å². The Morgan fingerprint density at radius 1 is 1.11 bits per heavy atom. The molecule has 1 amide bonds. The van der Waals surface area contributed by atoms with Gasteiger partial charge in [0.1, 0.15) is 17.5 Å². The molecule has 6 nitrogen and oxygen atoms in total. The third kappa shape index (κ3) is 4.50. The van der Waals surface area contributed by atoms with Gasteiger partial charge in [-0.3, -0.25) is 4.79 Å². The Morgan fingerprint density at radius 2 is 1.81 bits per heavy atom. The molecule has 1 saturated heterocycles. The van der Waals surface area contributed by atoms with Gasteiger partial charge < -0.3 is 14.7 Å². The summed E-state index contributed by atoms with van der Waals surface area (Å²) in [6.45, 7) is 4.16. The van der Waals surface area contributed by atoms with E-state index < -0.39 is 11.6 Å². The van der Waals surface area contributed by atoms with Gasteiger partial charge in [0.15, 0.2) is 0 Å². The monoisotopic (exact) mass is 375 g/mol. The van der Waals surface area contributed by atoms with E-state index in [9.17, 15) is 13.6 Å². The summed E-state index contributed by atoms with van der Waals surface area (Å²) < 4.78 is 26.8. The van der Waals surface area contributed by atoms with Crippen molar-refractivity contribution in [3.05, 3.63) is 47.2 Å². The van der Waals surface area contributed by atoms with Gasteiger partial charge in [-0.2, -0.15) is 4.98 Å². The zero-order valence-electron chi connectivity index (χ0n) is 15.7. The molecule has 0 spiro atoms. The van der Waals surface area contributed by atoms with Gasteiger partial charge in [-0.05, 0) is 18.6 Å². The number of aryl methyl sites for hydroxylation is 1. The summed E-state index contributed by atoms with van der Waals surface area (Å²) >= 11 is 0. The number of benzene rings is 1. The Kier molecular flexibility index (Phi) is 5.53. The second-order valence-corrected chi connectivity index (χ2v) is 6.84. The second-order valence-electron chi connectivity index (χ2n) is 6.84. The number of piperazine rings is 1. The Balaban J connectivity index is 1.62. The minimum Gasteiger partial charge on any atom is -0.363 e. The Bertz CT molecular complexity index is 835. The molecule has 1 aromatic heterocycles. The summed E-state index contributed by atoms with van der Waals surface area (Å²) in [5.74, 6) is -0.0172. The quantitative estimate of drug-likeness (QED) is 0.818. The second kappa shape index (κ2) is 7.85. The molecule has 144 valence electrons. The van der Waals surface area contributed by atoms with Crippen LogP contribution < -0.4 is 9.80 Å². The number of halogens is 2.